The first-order valence-electron chi connectivity index (χ1n) is 6.32. The van der Waals surface area contributed by atoms with E-state index >= 15 is 0 Å². The maximum Gasteiger partial charge on any atom is 0.399 e. The van der Waals surface area contributed by atoms with E-state index in [1.165, 1.54) is 0 Å². The summed E-state index contributed by atoms with van der Waals surface area (Å²) in [4.78, 5) is 4.25. The fourth-order valence-corrected chi connectivity index (χ4v) is 2.05. The molecule has 1 N–H and O–H groups in total. The highest BCUT2D eigenvalue weighted by Gasteiger charge is 2.09. The maximum atomic E-state index is 6.04. The van der Waals surface area contributed by atoms with Crippen LogP contribution in [0, 0.1) is 5.92 Å². The lowest BCUT2D eigenvalue weighted by molar-refractivity contribution is 0.330. The van der Waals surface area contributed by atoms with E-state index < -0.39 is 0 Å². The van der Waals surface area contributed by atoms with Crippen LogP contribution in [0.2, 0.25) is 5.02 Å². The molecule has 1 heterocycles. The molecule has 0 fully saturated rings. The Labute approximate surface area is 131 Å². The molecule has 20 heavy (non-hydrogen) atoms. The summed E-state index contributed by atoms with van der Waals surface area (Å²) >= 11 is 9.41. The Morgan fingerprint density at radius 2 is 2.25 bits per heavy atom. The van der Waals surface area contributed by atoms with Crippen LogP contribution < -0.4 is 10.1 Å². The van der Waals surface area contributed by atoms with Gasteiger partial charge in [0.25, 0.3) is 0 Å². The summed E-state index contributed by atoms with van der Waals surface area (Å²) in [6.45, 7) is 5.89. The SMILES string of the molecule is CC(C)CNCc1coc(Oc2cc(Br)ccc2Cl)n1. The first-order chi connectivity index (χ1) is 9.54. The third kappa shape index (κ3) is 4.51. The highest BCUT2D eigenvalue weighted by Crippen LogP contribution is 2.31. The quantitative estimate of drug-likeness (QED) is 0.817. The van der Waals surface area contributed by atoms with Gasteiger partial charge in [-0.25, -0.2) is 0 Å². The van der Waals surface area contributed by atoms with Gasteiger partial charge in [-0.05, 0) is 30.7 Å². The molecule has 0 amide bonds. The van der Waals surface area contributed by atoms with Gasteiger partial charge in [-0.3, -0.25) is 0 Å². The van der Waals surface area contributed by atoms with Crippen molar-refractivity contribution < 1.29 is 9.15 Å². The van der Waals surface area contributed by atoms with Gasteiger partial charge in [0.05, 0.1) is 10.7 Å². The molecule has 0 saturated heterocycles. The Hall–Kier alpha value is -1.04. The second-order valence-corrected chi connectivity index (χ2v) is 6.13. The summed E-state index contributed by atoms with van der Waals surface area (Å²) in [6, 6.07) is 5.35. The first-order valence-corrected chi connectivity index (χ1v) is 7.49. The van der Waals surface area contributed by atoms with E-state index in [0.717, 1.165) is 16.7 Å². The number of ether oxygens (including phenoxy) is 1. The van der Waals surface area contributed by atoms with Crippen LogP contribution in [0.1, 0.15) is 19.5 Å². The molecule has 4 nitrogen and oxygen atoms in total. The zero-order valence-corrected chi connectivity index (χ0v) is 13.7. The fraction of sp³-hybridized carbons (Fsp3) is 0.357. The van der Waals surface area contributed by atoms with Crippen molar-refractivity contribution in [1.82, 2.24) is 10.3 Å². The van der Waals surface area contributed by atoms with Crippen molar-refractivity contribution in [1.29, 1.82) is 0 Å². The van der Waals surface area contributed by atoms with Gasteiger partial charge in [0.15, 0.2) is 5.75 Å². The van der Waals surface area contributed by atoms with Crippen molar-refractivity contribution in [3.8, 4) is 11.8 Å². The first kappa shape index (κ1) is 15.4. The highest BCUT2D eigenvalue weighted by molar-refractivity contribution is 9.10. The number of hydrogen-bond acceptors (Lipinski definition) is 4. The molecule has 0 spiro atoms. The molecule has 0 atom stereocenters. The van der Waals surface area contributed by atoms with E-state index in [1.54, 1.807) is 18.4 Å². The summed E-state index contributed by atoms with van der Waals surface area (Å²) in [5.41, 5.74) is 0.798. The Bertz CT molecular complexity index is 572. The average molecular weight is 360 g/mol. The van der Waals surface area contributed by atoms with Crippen molar-refractivity contribution in [3.63, 3.8) is 0 Å². The smallest absolute Gasteiger partial charge is 0.399 e. The van der Waals surface area contributed by atoms with Crippen LogP contribution in [0.25, 0.3) is 0 Å². The molecule has 0 unspecified atom stereocenters. The number of nitrogens with zero attached hydrogens (tertiary/aromatic N) is 1. The Balaban J connectivity index is 1.97. The highest BCUT2D eigenvalue weighted by atomic mass is 79.9. The third-order valence-electron chi connectivity index (χ3n) is 2.48. The molecular formula is C14H16BrClN2O2. The van der Waals surface area contributed by atoms with Gasteiger partial charge in [-0.15, -0.1) is 0 Å². The molecule has 2 rings (SSSR count). The molecule has 0 radical (unpaired) electrons. The molecule has 6 heteroatoms. The van der Waals surface area contributed by atoms with Crippen LogP contribution in [0.4, 0.5) is 0 Å². The van der Waals surface area contributed by atoms with Gasteiger partial charge >= 0.3 is 6.08 Å². The molecule has 1 aromatic carbocycles. The van der Waals surface area contributed by atoms with Crippen molar-refractivity contribution in [3.05, 3.63) is 39.7 Å². The van der Waals surface area contributed by atoms with E-state index in [0.29, 0.717) is 23.2 Å². The Kier molecular flexibility index (Phi) is 5.46. The number of hydrogen-bond donors (Lipinski definition) is 1. The normalized spacial score (nSPS) is 11.1. The molecular weight excluding hydrogens is 344 g/mol. The number of oxazole rings is 1. The van der Waals surface area contributed by atoms with Crippen LogP contribution in [0.5, 0.6) is 11.8 Å². The monoisotopic (exact) mass is 358 g/mol. The predicted octanol–water partition coefficient (Wildman–Crippen LogP) is 4.63. The van der Waals surface area contributed by atoms with Crippen molar-refractivity contribution in [2.75, 3.05) is 6.54 Å². The third-order valence-corrected chi connectivity index (χ3v) is 3.29. The molecule has 0 saturated carbocycles. The minimum atomic E-state index is 0.186. The molecule has 0 aliphatic rings. The maximum absolute atomic E-state index is 6.04. The minimum absolute atomic E-state index is 0.186. The second-order valence-electron chi connectivity index (χ2n) is 4.81. The van der Waals surface area contributed by atoms with Gasteiger partial charge < -0.3 is 14.5 Å². The zero-order valence-electron chi connectivity index (χ0n) is 11.3. The fourth-order valence-electron chi connectivity index (χ4n) is 1.55. The van der Waals surface area contributed by atoms with E-state index in [-0.39, 0.29) is 6.08 Å². The van der Waals surface area contributed by atoms with E-state index in [2.05, 4.69) is 40.1 Å². The van der Waals surface area contributed by atoms with Gasteiger partial charge in [0, 0.05) is 11.0 Å². The number of nitrogens with one attached hydrogen (secondary N) is 1. The van der Waals surface area contributed by atoms with E-state index in [4.69, 9.17) is 20.8 Å². The lowest BCUT2D eigenvalue weighted by Crippen LogP contribution is -2.19. The van der Waals surface area contributed by atoms with Gasteiger partial charge in [0.1, 0.15) is 6.26 Å². The van der Waals surface area contributed by atoms with Crippen LogP contribution in [0.15, 0.2) is 33.4 Å². The van der Waals surface area contributed by atoms with Crippen LogP contribution >= 0.6 is 27.5 Å². The lowest BCUT2D eigenvalue weighted by Gasteiger charge is -2.04. The zero-order chi connectivity index (χ0) is 14.5. The largest absolute Gasteiger partial charge is 0.417 e. The second kappa shape index (κ2) is 7.11. The summed E-state index contributed by atoms with van der Waals surface area (Å²) in [7, 11) is 0. The average Bonchev–Trinajstić information content (AvgIpc) is 2.81. The topological polar surface area (TPSA) is 47.3 Å². The lowest BCUT2D eigenvalue weighted by atomic mass is 10.2. The number of halogens is 2. The molecule has 108 valence electrons. The number of rotatable bonds is 6. The summed E-state index contributed by atoms with van der Waals surface area (Å²) in [6.07, 6.45) is 1.76. The van der Waals surface area contributed by atoms with Crippen LogP contribution in [-0.4, -0.2) is 11.5 Å². The molecule has 1 aromatic heterocycles. The van der Waals surface area contributed by atoms with Crippen molar-refractivity contribution in [2.45, 2.75) is 20.4 Å². The standard InChI is InChI=1S/C14H16BrClN2O2/c1-9(2)6-17-7-11-8-19-14(18-11)20-13-5-10(15)3-4-12(13)16/h3-5,8-9,17H,6-7H2,1-2H3. The molecule has 0 aliphatic heterocycles. The molecule has 0 bridgehead atoms. The van der Waals surface area contributed by atoms with Crippen molar-refractivity contribution in [2.24, 2.45) is 5.92 Å². The van der Waals surface area contributed by atoms with Gasteiger partial charge in [-0.2, -0.15) is 4.98 Å². The number of aromatic nitrogens is 1. The van der Waals surface area contributed by atoms with Crippen molar-refractivity contribution >= 4 is 27.5 Å². The Morgan fingerprint density at radius 3 is 3.00 bits per heavy atom. The summed E-state index contributed by atoms with van der Waals surface area (Å²) in [5, 5.41) is 3.79. The molecule has 2 aromatic rings. The predicted molar refractivity (Wildman–Crippen MR) is 82.3 cm³/mol. The van der Waals surface area contributed by atoms with Gasteiger partial charge in [0.2, 0.25) is 0 Å². The van der Waals surface area contributed by atoms with E-state index in [1.807, 2.05) is 6.07 Å². The molecule has 0 aliphatic carbocycles. The van der Waals surface area contributed by atoms with Crippen LogP contribution in [-0.2, 0) is 6.54 Å². The summed E-state index contributed by atoms with van der Waals surface area (Å²) < 4.78 is 11.7. The van der Waals surface area contributed by atoms with E-state index in [9.17, 15) is 0 Å². The number of benzene rings is 1. The Morgan fingerprint density at radius 1 is 1.45 bits per heavy atom. The van der Waals surface area contributed by atoms with Crippen LogP contribution in [0.3, 0.4) is 0 Å². The minimum Gasteiger partial charge on any atom is -0.417 e. The van der Waals surface area contributed by atoms with Gasteiger partial charge in [-0.1, -0.05) is 41.4 Å². The summed E-state index contributed by atoms with van der Waals surface area (Å²) in [5.74, 6) is 1.10.